The fraction of sp³-hybridized carbons (Fsp3) is 0. The molecule has 0 fully saturated rings. The molecule has 0 amide bonds. The first-order valence-corrected chi connectivity index (χ1v) is 4.37. The topological polar surface area (TPSA) is 0 Å². The second-order valence-corrected chi connectivity index (χ2v) is 3.80. The summed E-state index contributed by atoms with van der Waals surface area (Å²) in [5.74, 6) is 0. The first-order chi connectivity index (χ1) is 2.00. The Morgan fingerprint density at radius 1 is 1.20 bits per heavy atom. The average Bonchev–Trinajstić information content (AvgIpc) is 0.722. The zero-order valence-electron chi connectivity index (χ0n) is 1.99. The molecule has 0 nitrogen and oxygen atoms in total. The molecule has 0 unspecified atom stereocenters. The van der Waals surface area contributed by atoms with Gasteiger partial charge in [-0.15, -0.1) is 0 Å². The van der Waals surface area contributed by atoms with Crippen molar-refractivity contribution in [3.8, 4) is 0 Å². The summed E-state index contributed by atoms with van der Waals surface area (Å²) >= 11 is 1.09. The first kappa shape index (κ1) is 5.74. The van der Waals surface area contributed by atoms with E-state index in [0.717, 1.165) is 15.1 Å². The van der Waals surface area contributed by atoms with Gasteiger partial charge in [-0.25, -0.2) is 0 Å². The molecular weight excluding hydrogens is 167 g/mol. The van der Waals surface area contributed by atoms with Crippen molar-refractivity contribution < 1.29 is 12.6 Å². The monoisotopic (exact) mass is 168 g/mol. The van der Waals surface area contributed by atoms with E-state index in [1.54, 1.807) is 0 Å². The van der Waals surface area contributed by atoms with Crippen molar-refractivity contribution in [2.75, 3.05) is 0 Å². The molecule has 0 atom stereocenters. The van der Waals surface area contributed by atoms with Crippen LogP contribution in [0.4, 0.5) is 12.6 Å². The van der Waals surface area contributed by atoms with E-state index in [2.05, 4.69) is 0 Å². The molecule has 0 rings (SSSR count). The molecule has 0 heterocycles. The zero-order chi connectivity index (χ0) is 4.50. The molecule has 0 spiro atoms. The average molecular weight is 167 g/mol. The van der Waals surface area contributed by atoms with Gasteiger partial charge >= 0.3 is 34.1 Å². The van der Waals surface area contributed by atoms with Crippen LogP contribution in [0.2, 0.25) is 0 Å². The Labute approximate surface area is 34.9 Å². The van der Waals surface area contributed by atoms with Crippen LogP contribution in [0.25, 0.3) is 0 Å². The van der Waals surface area contributed by atoms with E-state index >= 15 is 0 Å². The van der Waals surface area contributed by atoms with Gasteiger partial charge in [0.15, 0.2) is 0 Å². The second kappa shape index (κ2) is 1.46. The molecule has 0 aromatic rings. The van der Waals surface area contributed by atoms with Crippen LogP contribution in [0.15, 0.2) is 0 Å². The summed E-state index contributed by atoms with van der Waals surface area (Å²) in [5, 5.41) is 0. The number of halogens is 3. The maximum atomic E-state index is 10.4. The molecule has 0 aromatic heterocycles. The van der Waals surface area contributed by atoms with Gasteiger partial charge in [-0.1, -0.05) is 0 Å². The summed E-state index contributed by atoms with van der Waals surface area (Å²) in [6.07, 6.45) is -5.01. The van der Waals surface area contributed by atoms with Gasteiger partial charge in [-0.3, -0.25) is 0 Å². The van der Waals surface area contributed by atoms with Crippen molar-refractivity contribution >= 4 is 21.5 Å². The van der Waals surface area contributed by atoms with Gasteiger partial charge in [-0.2, -0.15) is 0 Å². The Kier molecular flexibility index (Phi) is 1.67. The number of rotatable bonds is 0. The molecule has 5 heavy (non-hydrogen) atoms. The summed E-state index contributed by atoms with van der Waals surface area (Å²) in [5.41, 5.74) is 0. The van der Waals surface area contributed by atoms with Gasteiger partial charge in [0.1, 0.15) is 0 Å². The fourth-order valence-electron chi connectivity index (χ4n) is 0. The molecule has 0 N–H and O–H groups in total. The van der Waals surface area contributed by atoms with Gasteiger partial charge in [-0.05, 0) is 0 Å². The van der Waals surface area contributed by atoms with Crippen LogP contribution >= 0.6 is 6.44 Å². The number of hydrogen-bond acceptors (Lipinski definition) is 0. The molecule has 5 heteroatoms. The van der Waals surface area contributed by atoms with Gasteiger partial charge in [0.05, 0.1) is 0 Å². The third-order valence-electron chi connectivity index (χ3n) is 0. The van der Waals surface area contributed by atoms with Crippen LogP contribution in [-0.4, -0.2) is 15.1 Å². The van der Waals surface area contributed by atoms with E-state index in [1.807, 2.05) is 0 Å². The van der Waals surface area contributed by atoms with Crippen LogP contribution in [0.5, 0.6) is 0 Å². The van der Waals surface area contributed by atoms with Gasteiger partial charge in [0.2, 0.25) is 0 Å². The summed E-state index contributed by atoms with van der Waals surface area (Å²) < 4.78 is 31.2. The van der Waals surface area contributed by atoms with Gasteiger partial charge in [0.25, 0.3) is 0 Å². The van der Waals surface area contributed by atoms with E-state index in [9.17, 15) is 12.6 Å². The first-order valence-electron chi connectivity index (χ1n) is 0.690. The van der Waals surface area contributed by atoms with Crippen molar-refractivity contribution in [1.29, 1.82) is 0 Å². The minimum absolute atomic E-state index is 1.09. The van der Waals surface area contributed by atoms with Gasteiger partial charge < -0.3 is 0 Å². The normalized spacial score (nSPS) is 11.8. The van der Waals surface area contributed by atoms with Crippen molar-refractivity contribution in [3.05, 3.63) is 0 Å². The quantitative estimate of drug-likeness (QED) is 0.380. The van der Waals surface area contributed by atoms with Crippen LogP contribution in [-0.2, 0) is 0 Å². The third-order valence-corrected chi connectivity index (χ3v) is 0. The second-order valence-electron chi connectivity index (χ2n) is 0.399. The van der Waals surface area contributed by atoms with Crippen LogP contribution in [0.3, 0.4) is 0 Å². The third kappa shape index (κ3) is 65.0. The molecule has 32 valence electrons. The van der Waals surface area contributed by atoms with Crippen LogP contribution in [0.1, 0.15) is 0 Å². The summed E-state index contributed by atoms with van der Waals surface area (Å²) in [6.45, 7) is 0. The predicted molar refractivity (Wildman–Crippen MR) is 16.0 cm³/mol. The predicted octanol–water partition coefficient (Wildman–Crippen LogP) is 1.74. The molecule has 0 aliphatic rings. The summed E-state index contributed by atoms with van der Waals surface area (Å²) in [7, 11) is 0. The van der Waals surface area contributed by atoms with Crippen molar-refractivity contribution in [2.24, 2.45) is 0 Å². The fourth-order valence-corrected chi connectivity index (χ4v) is 0. The molecular formula is F3PSe. The van der Waals surface area contributed by atoms with Crippen LogP contribution < -0.4 is 0 Å². The molecule has 0 radical (unpaired) electrons. The van der Waals surface area contributed by atoms with Crippen molar-refractivity contribution in [3.63, 3.8) is 0 Å². The molecule has 0 saturated carbocycles. The number of hydrogen-bond donors (Lipinski definition) is 0. The Morgan fingerprint density at radius 2 is 1.20 bits per heavy atom. The molecule has 0 aliphatic carbocycles. The SMILES string of the molecule is FP(F)(F)=[Se]. The van der Waals surface area contributed by atoms with Crippen molar-refractivity contribution in [2.45, 2.75) is 0 Å². The Morgan fingerprint density at radius 3 is 1.20 bits per heavy atom. The Bertz CT molecular complexity index is 53.0. The van der Waals surface area contributed by atoms with Crippen LogP contribution in [0, 0.1) is 0 Å². The minimum atomic E-state index is -5.01. The molecule has 0 aliphatic heterocycles. The van der Waals surface area contributed by atoms with Gasteiger partial charge in [0, 0.05) is 0 Å². The summed E-state index contributed by atoms with van der Waals surface area (Å²) in [6, 6.07) is 0. The van der Waals surface area contributed by atoms with E-state index in [4.69, 9.17) is 0 Å². The Balaban J connectivity index is 3.47. The molecule has 0 bridgehead atoms. The standard InChI is InChI=1S/F3PSe/c1-4(2,3)5. The maximum absolute atomic E-state index is 10.4. The van der Waals surface area contributed by atoms with E-state index < -0.39 is 6.44 Å². The summed E-state index contributed by atoms with van der Waals surface area (Å²) in [4.78, 5) is 0. The molecule has 0 aromatic carbocycles. The van der Waals surface area contributed by atoms with Crippen molar-refractivity contribution in [1.82, 2.24) is 0 Å². The van der Waals surface area contributed by atoms with E-state index in [-0.39, 0.29) is 0 Å². The zero-order valence-corrected chi connectivity index (χ0v) is 4.60. The van der Waals surface area contributed by atoms with E-state index in [0.29, 0.717) is 0 Å². The van der Waals surface area contributed by atoms with E-state index in [1.165, 1.54) is 0 Å². The Hall–Kier alpha value is 0.739. The molecule has 0 saturated heterocycles.